The summed E-state index contributed by atoms with van der Waals surface area (Å²) < 4.78 is 1.82. The minimum atomic E-state index is 0.131. The number of amidine groups is 1. The highest BCUT2D eigenvalue weighted by Crippen LogP contribution is 2.30. The van der Waals surface area contributed by atoms with Crippen molar-refractivity contribution in [3.8, 4) is 0 Å². The third-order valence-corrected chi connectivity index (χ3v) is 4.19. The fourth-order valence-corrected chi connectivity index (χ4v) is 2.81. The number of nitrogens with zero attached hydrogens (tertiary/aromatic N) is 4. The van der Waals surface area contributed by atoms with Crippen LogP contribution in [-0.4, -0.2) is 33.9 Å². The van der Waals surface area contributed by atoms with Crippen molar-refractivity contribution in [1.82, 2.24) is 9.78 Å². The molecule has 6 heteroatoms. The molecule has 1 aliphatic heterocycles. The molecule has 1 aromatic rings. The maximum Gasteiger partial charge on any atom is 0.175 e. The topological polar surface area (TPSA) is 79.7 Å². The number of nitrogens with two attached hydrogens (primary N) is 1. The molecule has 6 nitrogen and oxygen atoms in total. The van der Waals surface area contributed by atoms with Crippen LogP contribution in [0.5, 0.6) is 0 Å². The zero-order valence-electron chi connectivity index (χ0n) is 12.1. The predicted octanol–water partition coefficient (Wildman–Crippen LogP) is 1.31. The number of oxime groups is 1. The minimum absolute atomic E-state index is 0.131. The summed E-state index contributed by atoms with van der Waals surface area (Å²) in [4.78, 5) is 2.29. The molecule has 2 heterocycles. The highest BCUT2D eigenvalue weighted by Gasteiger charge is 2.28. The average molecular weight is 265 g/mol. The smallest absolute Gasteiger partial charge is 0.175 e. The standard InChI is InChI=1S/C13H23N5O/c1-8-5-6-18(7-9(8)2)13-11(12(14)16-19)10(3)15-17(13)4/h8-9,19H,5-7H2,1-4H3,(H2,14,16). The van der Waals surface area contributed by atoms with Crippen molar-refractivity contribution in [2.24, 2.45) is 29.8 Å². The van der Waals surface area contributed by atoms with Gasteiger partial charge in [0.25, 0.3) is 0 Å². The Balaban J connectivity index is 2.39. The first kappa shape index (κ1) is 13.7. The van der Waals surface area contributed by atoms with Gasteiger partial charge >= 0.3 is 0 Å². The van der Waals surface area contributed by atoms with Crippen molar-refractivity contribution in [2.45, 2.75) is 27.2 Å². The van der Waals surface area contributed by atoms with Crippen molar-refractivity contribution in [3.63, 3.8) is 0 Å². The van der Waals surface area contributed by atoms with Crippen LogP contribution in [0.4, 0.5) is 5.82 Å². The van der Waals surface area contributed by atoms with Gasteiger partial charge in [0, 0.05) is 20.1 Å². The fraction of sp³-hybridized carbons (Fsp3) is 0.692. The summed E-state index contributed by atoms with van der Waals surface area (Å²) in [7, 11) is 1.90. The van der Waals surface area contributed by atoms with Crippen LogP contribution in [0, 0.1) is 18.8 Å². The van der Waals surface area contributed by atoms with E-state index in [1.54, 1.807) is 0 Å². The van der Waals surface area contributed by atoms with Crippen molar-refractivity contribution >= 4 is 11.7 Å². The lowest BCUT2D eigenvalue weighted by atomic mass is 9.88. The molecule has 2 unspecified atom stereocenters. The monoisotopic (exact) mass is 265 g/mol. The Kier molecular flexibility index (Phi) is 3.68. The first-order valence-electron chi connectivity index (χ1n) is 6.72. The molecule has 2 atom stereocenters. The van der Waals surface area contributed by atoms with Gasteiger partial charge < -0.3 is 15.8 Å². The first-order chi connectivity index (χ1) is 8.95. The number of rotatable bonds is 2. The molecule has 0 bridgehead atoms. The van der Waals surface area contributed by atoms with Crippen molar-refractivity contribution in [2.75, 3.05) is 18.0 Å². The van der Waals surface area contributed by atoms with E-state index in [0.717, 1.165) is 42.5 Å². The highest BCUT2D eigenvalue weighted by atomic mass is 16.4. The van der Waals surface area contributed by atoms with Gasteiger partial charge in [-0.1, -0.05) is 19.0 Å². The van der Waals surface area contributed by atoms with Gasteiger partial charge in [0.1, 0.15) is 5.82 Å². The van der Waals surface area contributed by atoms with E-state index in [4.69, 9.17) is 10.9 Å². The summed E-state index contributed by atoms with van der Waals surface area (Å²) in [5.41, 5.74) is 7.33. The largest absolute Gasteiger partial charge is 0.409 e. The Morgan fingerprint density at radius 2 is 2.11 bits per heavy atom. The molecule has 0 radical (unpaired) electrons. The van der Waals surface area contributed by atoms with E-state index in [1.165, 1.54) is 0 Å². The third kappa shape index (κ3) is 2.39. The molecule has 3 N–H and O–H groups in total. The molecule has 0 aliphatic carbocycles. The van der Waals surface area contributed by atoms with Gasteiger partial charge in [0.05, 0.1) is 11.3 Å². The summed E-state index contributed by atoms with van der Waals surface area (Å²) in [5.74, 6) is 2.44. The predicted molar refractivity (Wildman–Crippen MR) is 75.6 cm³/mol. The van der Waals surface area contributed by atoms with Crippen LogP contribution in [0.1, 0.15) is 31.5 Å². The molecule has 1 aliphatic rings. The second kappa shape index (κ2) is 5.11. The zero-order valence-corrected chi connectivity index (χ0v) is 12.1. The molecule has 0 spiro atoms. The van der Waals surface area contributed by atoms with E-state index in [0.29, 0.717) is 5.92 Å². The lowest BCUT2D eigenvalue weighted by molar-refractivity contribution is 0.317. The zero-order chi connectivity index (χ0) is 14.2. The van der Waals surface area contributed by atoms with Gasteiger partial charge in [0.2, 0.25) is 0 Å². The van der Waals surface area contributed by atoms with Crippen LogP contribution >= 0.6 is 0 Å². The molecule has 1 saturated heterocycles. The third-order valence-electron chi connectivity index (χ3n) is 4.19. The Bertz CT molecular complexity index is 493. The molecule has 0 saturated carbocycles. The Morgan fingerprint density at radius 3 is 2.68 bits per heavy atom. The number of hydrogen-bond acceptors (Lipinski definition) is 4. The van der Waals surface area contributed by atoms with Crippen LogP contribution in [-0.2, 0) is 7.05 Å². The molecular weight excluding hydrogens is 242 g/mol. The molecule has 1 fully saturated rings. The summed E-state index contributed by atoms with van der Waals surface area (Å²) in [5, 5.41) is 16.5. The molecule has 2 rings (SSSR count). The molecule has 1 aromatic heterocycles. The lowest BCUT2D eigenvalue weighted by Crippen LogP contribution is -2.40. The maximum atomic E-state index is 8.95. The van der Waals surface area contributed by atoms with Gasteiger partial charge in [-0.05, 0) is 25.2 Å². The van der Waals surface area contributed by atoms with E-state index in [2.05, 4.69) is 29.0 Å². The van der Waals surface area contributed by atoms with Crippen molar-refractivity contribution < 1.29 is 5.21 Å². The van der Waals surface area contributed by atoms with Crippen LogP contribution in [0.25, 0.3) is 0 Å². The number of hydrogen-bond donors (Lipinski definition) is 2. The minimum Gasteiger partial charge on any atom is -0.409 e. The second-order valence-electron chi connectivity index (χ2n) is 5.58. The summed E-state index contributed by atoms with van der Waals surface area (Å²) in [6.45, 7) is 8.40. The van der Waals surface area contributed by atoms with E-state index in [-0.39, 0.29) is 5.84 Å². The van der Waals surface area contributed by atoms with Gasteiger partial charge in [0.15, 0.2) is 5.84 Å². The average Bonchev–Trinajstić information content (AvgIpc) is 2.67. The van der Waals surface area contributed by atoms with Crippen molar-refractivity contribution in [3.05, 3.63) is 11.3 Å². The number of aryl methyl sites for hydroxylation is 2. The number of aromatic nitrogens is 2. The first-order valence-corrected chi connectivity index (χ1v) is 6.72. The normalized spacial score (nSPS) is 24.8. The van der Waals surface area contributed by atoms with Crippen LogP contribution < -0.4 is 10.6 Å². The quantitative estimate of drug-likeness (QED) is 0.366. The highest BCUT2D eigenvalue weighted by molar-refractivity contribution is 6.02. The van der Waals surface area contributed by atoms with Gasteiger partial charge in [-0.2, -0.15) is 5.10 Å². The fourth-order valence-electron chi connectivity index (χ4n) is 2.81. The molecule has 0 aromatic carbocycles. The van der Waals surface area contributed by atoms with Gasteiger partial charge in [-0.25, -0.2) is 0 Å². The van der Waals surface area contributed by atoms with Crippen LogP contribution in [0.15, 0.2) is 5.16 Å². The lowest BCUT2D eigenvalue weighted by Gasteiger charge is -2.37. The van der Waals surface area contributed by atoms with Crippen LogP contribution in [0.2, 0.25) is 0 Å². The Morgan fingerprint density at radius 1 is 1.42 bits per heavy atom. The second-order valence-corrected chi connectivity index (χ2v) is 5.58. The Hall–Kier alpha value is -1.72. The van der Waals surface area contributed by atoms with Crippen LogP contribution in [0.3, 0.4) is 0 Å². The molecule has 106 valence electrons. The number of piperidine rings is 1. The van der Waals surface area contributed by atoms with Gasteiger partial charge in [-0.3, -0.25) is 4.68 Å². The van der Waals surface area contributed by atoms with Crippen molar-refractivity contribution in [1.29, 1.82) is 0 Å². The van der Waals surface area contributed by atoms with E-state index < -0.39 is 0 Å². The maximum absolute atomic E-state index is 8.95. The van der Waals surface area contributed by atoms with E-state index >= 15 is 0 Å². The van der Waals surface area contributed by atoms with Gasteiger partial charge in [-0.15, -0.1) is 0 Å². The summed E-state index contributed by atoms with van der Waals surface area (Å²) >= 11 is 0. The molecule has 19 heavy (non-hydrogen) atoms. The SMILES string of the molecule is Cc1nn(C)c(N2CCC(C)C(C)C2)c1C(N)=NO. The molecule has 0 amide bonds. The summed E-state index contributed by atoms with van der Waals surface area (Å²) in [6, 6.07) is 0. The summed E-state index contributed by atoms with van der Waals surface area (Å²) in [6.07, 6.45) is 1.15. The number of anilines is 1. The molecular formula is C13H23N5O. The van der Waals surface area contributed by atoms with E-state index in [9.17, 15) is 0 Å². The van der Waals surface area contributed by atoms with E-state index in [1.807, 2.05) is 18.7 Å². The Labute approximate surface area is 113 Å².